The molecule has 92 valence electrons. The van der Waals surface area contributed by atoms with Crippen molar-refractivity contribution < 1.29 is 14.3 Å². The summed E-state index contributed by atoms with van der Waals surface area (Å²) in [5, 5.41) is 0. The molecule has 1 heterocycles. The highest BCUT2D eigenvalue weighted by atomic mass is 16.5. The van der Waals surface area contributed by atoms with Gasteiger partial charge < -0.3 is 15.4 Å². The van der Waals surface area contributed by atoms with Crippen LogP contribution in [-0.4, -0.2) is 25.5 Å². The number of hydrogen-bond acceptors (Lipinski definition) is 3. The topological polar surface area (TPSA) is 72.6 Å². The highest BCUT2D eigenvalue weighted by Gasteiger charge is 2.24. The van der Waals surface area contributed by atoms with Gasteiger partial charge in [-0.1, -0.05) is 18.2 Å². The second-order valence-electron chi connectivity index (χ2n) is 3.63. The molecular formula is C12H16N2O3. The molecule has 0 saturated carbocycles. The highest BCUT2D eigenvalue weighted by molar-refractivity contribution is 5.95. The Morgan fingerprint density at radius 2 is 2.06 bits per heavy atom. The molecule has 1 aliphatic rings. The van der Waals surface area contributed by atoms with Gasteiger partial charge in [0.1, 0.15) is 6.61 Å². The van der Waals surface area contributed by atoms with Crippen LogP contribution in [0.4, 0.5) is 5.69 Å². The van der Waals surface area contributed by atoms with Crippen LogP contribution >= 0.6 is 0 Å². The van der Waals surface area contributed by atoms with Crippen LogP contribution in [0.2, 0.25) is 0 Å². The van der Waals surface area contributed by atoms with Crippen LogP contribution in [0.25, 0.3) is 0 Å². The molecule has 0 radical (unpaired) electrons. The molecule has 5 heteroatoms. The second kappa shape index (κ2) is 6.00. The third-order valence-corrected chi connectivity index (χ3v) is 2.28. The van der Waals surface area contributed by atoms with Gasteiger partial charge in [0.05, 0.1) is 6.54 Å². The molecule has 1 aliphatic heterocycles. The Morgan fingerprint density at radius 1 is 1.41 bits per heavy atom. The summed E-state index contributed by atoms with van der Waals surface area (Å²) in [6.07, 6.45) is 0. The second-order valence-corrected chi connectivity index (χ2v) is 3.63. The summed E-state index contributed by atoms with van der Waals surface area (Å²) < 4.78 is 4.33. The molecule has 5 nitrogen and oxygen atoms in total. The lowest BCUT2D eigenvalue weighted by Gasteiger charge is -2.32. The quantitative estimate of drug-likeness (QED) is 0.820. The van der Waals surface area contributed by atoms with Crippen LogP contribution in [0, 0.1) is 0 Å². The van der Waals surface area contributed by atoms with Crippen molar-refractivity contribution in [3.8, 4) is 0 Å². The largest absolute Gasteiger partial charge is 0.375 e. The number of ether oxygens (including phenoxy) is 1. The predicted molar refractivity (Wildman–Crippen MR) is 64.4 cm³/mol. The molecule has 0 unspecified atom stereocenters. The summed E-state index contributed by atoms with van der Waals surface area (Å²) in [6.45, 7) is 2.39. The molecular weight excluding hydrogens is 220 g/mol. The van der Waals surface area contributed by atoms with E-state index >= 15 is 0 Å². The first-order valence-corrected chi connectivity index (χ1v) is 5.19. The van der Waals surface area contributed by atoms with Crippen molar-refractivity contribution in [2.75, 3.05) is 18.6 Å². The summed E-state index contributed by atoms with van der Waals surface area (Å²) in [4.78, 5) is 22.4. The maximum absolute atomic E-state index is 10.9. The van der Waals surface area contributed by atoms with Crippen molar-refractivity contribution in [3.05, 3.63) is 29.8 Å². The van der Waals surface area contributed by atoms with E-state index in [0.717, 1.165) is 12.2 Å². The molecule has 2 amide bonds. The SMILES string of the molecule is CC(=O)N1Cc2ccccc21.COCC(N)=O. The predicted octanol–water partition coefficient (Wildman–Crippen LogP) is 0.671. The molecule has 0 aromatic heterocycles. The van der Waals surface area contributed by atoms with E-state index in [9.17, 15) is 9.59 Å². The summed E-state index contributed by atoms with van der Waals surface area (Å²) >= 11 is 0. The van der Waals surface area contributed by atoms with Crippen molar-refractivity contribution in [2.45, 2.75) is 13.5 Å². The molecule has 1 aromatic carbocycles. The number of amides is 2. The fraction of sp³-hybridized carbons (Fsp3) is 0.333. The van der Waals surface area contributed by atoms with E-state index in [1.165, 1.54) is 12.7 Å². The van der Waals surface area contributed by atoms with E-state index in [-0.39, 0.29) is 12.5 Å². The first-order chi connectivity index (χ1) is 8.06. The number of carbonyl (C=O) groups is 2. The molecule has 0 bridgehead atoms. The van der Waals surface area contributed by atoms with Gasteiger partial charge in [0.2, 0.25) is 11.8 Å². The van der Waals surface area contributed by atoms with Gasteiger partial charge in [0.25, 0.3) is 0 Å². The van der Waals surface area contributed by atoms with Crippen molar-refractivity contribution in [3.63, 3.8) is 0 Å². The van der Waals surface area contributed by atoms with Crippen molar-refractivity contribution in [1.82, 2.24) is 0 Å². The van der Waals surface area contributed by atoms with Crippen molar-refractivity contribution in [2.24, 2.45) is 5.73 Å². The Hall–Kier alpha value is -1.88. The summed E-state index contributed by atoms with van der Waals surface area (Å²) in [5.74, 6) is -0.304. The van der Waals surface area contributed by atoms with E-state index in [2.05, 4.69) is 16.5 Å². The molecule has 2 rings (SSSR count). The summed E-state index contributed by atoms with van der Waals surface area (Å²) in [6, 6.07) is 7.97. The molecule has 2 N–H and O–H groups in total. The number of primary amides is 1. The number of hydrogen-bond donors (Lipinski definition) is 1. The summed E-state index contributed by atoms with van der Waals surface area (Å²) in [5.41, 5.74) is 6.97. The average Bonchev–Trinajstić information content (AvgIpc) is 2.20. The minimum absolute atomic E-state index is 0.0139. The van der Waals surface area contributed by atoms with Crippen LogP contribution < -0.4 is 10.6 Å². The summed E-state index contributed by atoms with van der Waals surface area (Å²) in [7, 11) is 1.42. The number of nitrogens with two attached hydrogens (primary N) is 1. The maximum atomic E-state index is 10.9. The molecule has 0 spiro atoms. The zero-order chi connectivity index (χ0) is 12.8. The van der Waals surface area contributed by atoms with E-state index in [1.807, 2.05) is 18.2 Å². The fourth-order valence-electron chi connectivity index (χ4n) is 1.50. The smallest absolute Gasteiger partial charge is 0.243 e. The minimum Gasteiger partial charge on any atom is -0.375 e. The van der Waals surface area contributed by atoms with Crippen LogP contribution in [0.1, 0.15) is 12.5 Å². The molecule has 1 aromatic rings. The number of carbonyl (C=O) groups excluding carboxylic acids is 2. The first kappa shape index (κ1) is 13.2. The van der Waals surface area contributed by atoms with Crippen LogP contribution in [0.3, 0.4) is 0 Å². The van der Waals surface area contributed by atoms with Gasteiger partial charge in [-0.05, 0) is 11.6 Å². The number of para-hydroxylation sites is 1. The minimum atomic E-state index is -0.433. The number of anilines is 1. The third kappa shape index (κ3) is 3.57. The Kier molecular flexibility index (Phi) is 4.66. The van der Waals surface area contributed by atoms with Crippen molar-refractivity contribution in [1.29, 1.82) is 0 Å². The Balaban J connectivity index is 0.000000209. The molecule has 0 fully saturated rings. The van der Waals surface area contributed by atoms with Gasteiger partial charge in [-0.25, -0.2) is 0 Å². The Morgan fingerprint density at radius 3 is 2.47 bits per heavy atom. The van der Waals surface area contributed by atoms with Gasteiger partial charge >= 0.3 is 0 Å². The standard InChI is InChI=1S/C9H9NO.C3H7NO2/c1-7(11)10-6-8-4-2-3-5-9(8)10;1-6-2-3(4)5/h2-5H,6H2,1H3;2H2,1H3,(H2,4,5). The number of benzene rings is 1. The monoisotopic (exact) mass is 236 g/mol. The Labute approximate surface area is 100 Å². The lowest BCUT2D eigenvalue weighted by atomic mass is 10.0. The fourth-order valence-corrected chi connectivity index (χ4v) is 1.50. The third-order valence-electron chi connectivity index (χ3n) is 2.28. The lowest BCUT2D eigenvalue weighted by Crippen LogP contribution is -2.36. The van der Waals surface area contributed by atoms with E-state index in [1.54, 1.807) is 11.8 Å². The first-order valence-electron chi connectivity index (χ1n) is 5.19. The van der Waals surface area contributed by atoms with Gasteiger partial charge in [-0.15, -0.1) is 0 Å². The maximum Gasteiger partial charge on any atom is 0.243 e. The van der Waals surface area contributed by atoms with Gasteiger partial charge in [0.15, 0.2) is 0 Å². The van der Waals surface area contributed by atoms with Gasteiger partial charge in [-0.2, -0.15) is 0 Å². The molecule has 0 saturated heterocycles. The van der Waals surface area contributed by atoms with Crippen LogP contribution in [-0.2, 0) is 20.9 Å². The normalized spacial score (nSPS) is 11.8. The van der Waals surface area contributed by atoms with E-state index in [0.29, 0.717) is 0 Å². The highest BCUT2D eigenvalue weighted by Crippen LogP contribution is 2.31. The van der Waals surface area contributed by atoms with E-state index in [4.69, 9.17) is 0 Å². The average molecular weight is 236 g/mol. The number of fused-ring (bicyclic) bond motifs is 1. The lowest BCUT2D eigenvalue weighted by molar-refractivity contribution is -0.121. The van der Waals surface area contributed by atoms with Crippen LogP contribution in [0.5, 0.6) is 0 Å². The number of rotatable bonds is 2. The van der Waals surface area contributed by atoms with E-state index < -0.39 is 5.91 Å². The zero-order valence-electron chi connectivity index (χ0n) is 9.97. The number of methoxy groups -OCH3 is 1. The Bertz CT molecular complexity index is 418. The zero-order valence-corrected chi connectivity index (χ0v) is 9.97. The molecule has 0 aliphatic carbocycles. The number of nitrogens with zero attached hydrogens (tertiary/aromatic N) is 1. The van der Waals surface area contributed by atoms with Crippen LogP contribution in [0.15, 0.2) is 24.3 Å². The molecule has 17 heavy (non-hydrogen) atoms. The molecule has 0 atom stereocenters. The van der Waals surface area contributed by atoms with Gasteiger partial charge in [0, 0.05) is 19.7 Å². The van der Waals surface area contributed by atoms with Gasteiger partial charge in [-0.3, -0.25) is 9.59 Å². The van der Waals surface area contributed by atoms with Crippen molar-refractivity contribution >= 4 is 17.5 Å².